The Morgan fingerprint density at radius 3 is 2.38 bits per heavy atom. The summed E-state index contributed by atoms with van der Waals surface area (Å²) >= 11 is 0. The molecule has 0 atom stereocenters. The van der Waals surface area contributed by atoms with Crippen LogP contribution in [-0.4, -0.2) is 69.6 Å². The predicted molar refractivity (Wildman–Crippen MR) is 132 cm³/mol. The van der Waals surface area contributed by atoms with Crippen molar-refractivity contribution >= 4 is 33.3 Å². The maximum Gasteiger partial charge on any atom is 0.337 e. The molecule has 9 nitrogen and oxygen atoms in total. The van der Waals surface area contributed by atoms with Crippen LogP contribution in [0.5, 0.6) is 0 Å². The average molecular weight is 489 g/mol. The standard InChI is InChI=1S/C24H32N4O5S/c1-3-11-25-23(29)17-27-12-14-28(15-13-27)19-9-10-21(20(16-19)24(30)31)26-34(32,33)22-8-6-5-7-18(22)4-2/h5-10,16,26H,3-4,11-15,17H2,1-2H3,(H,25,29)(H,30,31). The number of carbonyl (C=O) groups is 2. The van der Waals surface area contributed by atoms with Gasteiger partial charge in [-0.1, -0.05) is 32.0 Å². The molecule has 0 unspecified atom stereocenters. The first-order valence-corrected chi connectivity index (χ1v) is 13.0. The molecule has 1 aliphatic heterocycles. The molecule has 2 aromatic carbocycles. The van der Waals surface area contributed by atoms with E-state index in [0.29, 0.717) is 56.9 Å². The minimum absolute atomic E-state index is 0.00440. The number of carboxylic acids is 1. The minimum atomic E-state index is -3.95. The molecule has 0 saturated carbocycles. The average Bonchev–Trinajstić information content (AvgIpc) is 2.83. The van der Waals surface area contributed by atoms with Crippen molar-refractivity contribution in [3.05, 3.63) is 53.6 Å². The van der Waals surface area contributed by atoms with E-state index >= 15 is 0 Å². The lowest BCUT2D eigenvalue weighted by atomic mass is 10.1. The first-order chi connectivity index (χ1) is 16.2. The lowest BCUT2D eigenvalue weighted by Crippen LogP contribution is -2.49. The van der Waals surface area contributed by atoms with Crippen molar-refractivity contribution in [1.29, 1.82) is 0 Å². The third kappa shape index (κ3) is 6.27. The summed E-state index contributed by atoms with van der Waals surface area (Å²) in [5, 5.41) is 12.6. The molecular formula is C24H32N4O5S. The van der Waals surface area contributed by atoms with Crippen molar-refractivity contribution in [2.45, 2.75) is 31.6 Å². The van der Waals surface area contributed by atoms with E-state index < -0.39 is 16.0 Å². The molecule has 0 aliphatic carbocycles. The molecule has 0 radical (unpaired) electrons. The number of aromatic carboxylic acids is 1. The van der Waals surface area contributed by atoms with Gasteiger partial charge in [0.05, 0.1) is 22.7 Å². The molecule has 184 valence electrons. The summed E-state index contributed by atoms with van der Waals surface area (Å²) in [6.07, 6.45) is 1.43. The van der Waals surface area contributed by atoms with Gasteiger partial charge in [-0.15, -0.1) is 0 Å². The molecule has 0 aromatic heterocycles. The topological polar surface area (TPSA) is 119 Å². The van der Waals surface area contributed by atoms with Crippen molar-refractivity contribution < 1.29 is 23.1 Å². The number of carbonyl (C=O) groups excluding carboxylic acids is 1. The number of amides is 1. The summed E-state index contributed by atoms with van der Waals surface area (Å²) in [5.74, 6) is -1.21. The van der Waals surface area contributed by atoms with Crippen LogP contribution in [0.4, 0.5) is 11.4 Å². The van der Waals surface area contributed by atoms with Crippen molar-refractivity contribution in [2.75, 3.05) is 48.9 Å². The molecule has 3 rings (SSSR count). The zero-order valence-electron chi connectivity index (χ0n) is 19.6. The van der Waals surface area contributed by atoms with E-state index in [0.717, 1.165) is 6.42 Å². The quantitative estimate of drug-likeness (QED) is 0.470. The number of nitrogens with zero attached hydrogens (tertiary/aromatic N) is 2. The molecule has 3 N–H and O–H groups in total. The molecular weight excluding hydrogens is 456 g/mol. The fraction of sp³-hybridized carbons (Fsp3) is 0.417. The number of nitrogens with one attached hydrogen (secondary N) is 2. The van der Waals surface area contributed by atoms with Crippen molar-refractivity contribution in [1.82, 2.24) is 10.2 Å². The third-order valence-corrected chi connectivity index (χ3v) is 7.26. The van der Waals surface area contributed by atoms with E-state index in [-0.39, 0.29) is 22.1 Å². The van der Waals surface area contributed by atoms with Crippen LogP contribution in [0.3, 0.4) is 0 Å². The van der Waals surface area contributed by atoms with E-state index in [1.807, 2.05) is 18.7 Å². The molecule has 2 aromatic rings. The number of sulfonamides is 1. The maximum absolute atomic E-state index is 13.0. The Bertz CT molecular complexity index is 1130. The van der Waals surface area contributed by atoms with Crippen molar-refractivity contribution in [3.63, 3.8) is 0 Å². The van der Waals surface area contributed by atoms with Gasteiger partial charge in [0.2, 0.25) is 5.91 Å². The highest BCUT2D eigenvalue weighted by Crippen LogP contribution is 2.27. The normalized spacial score (nSPS) is 14.6. The van der Waals surface area contributed by atoms with Crippen LogP contribution >= 0.6 is 0 Å². The van der Waals surface area contributed by atoms with Crippen molar-refractivity contribution in [3.8, 4) is 0 Å². The number of rotatable bonds is 10. The Labute approximate surface area is 200 Å². The highest BCUT2D eigenvalue weighted by Gasteiger charge is 2.24. The van der Waals surface area contributed by atoms with E-state index in [2.05, 4.69) is 14.9 Å². The number of piperazine rings is 1. The van der Waals surface area contributed by atoms with E-state index in [1.54, 1.807) is 24.3 Å². The molecule has 1 heterocycles. The number of benzene rings is 2. The molecule has 0 bridgehead atoms. The van der Waals surface area contributed by atoms with Crippen LogP contribution < -0.4 is 14.9 Å². The Morgan fingerprint density at radius 1 is 1.03 bits per heavy atom. The second-order valence-corrected chi connectivity index (χ2v) is 9.87. The van der Waals surface area contributed by atoms with Gasteiger partial charge in [0, 0.05) is 38.4 Å². The van der Waals surface area contributed by atoms with E-state index in [9.17, 15) is 23.1 Å². The number of hydrogen-bond donors (Lipinski definition) is 3. The molecule has 10 heteroatoms. The number of hydrogen-bond acceptors (Lipinski definition) is 6. The lowest BCUT2D eigenvalue weighted by molar-refractivity contribution is -0.122. The molecule has 1 fully saturated rings. The summed E-state index contributed by atoms with van der Waals surface area (Å²) in [7, 11) is -3.95. The van der Waals surface area contributed by atoms with Gasteiger partial charge in [0.25, 0.3) is 10.0 Å². The van der Waals surface area contributed by atoms with Gasteiger partial charge in [0.1, 0.15) is 0 Å². The van der Waals surface area contributed by atoms with Crippen LogP contribution in [0, 0.1) is 0 Å². The fourth-order valence-corrected chi connectivity index (χ4v) is 5.33. The molecule has 0 spiro atoms. The van der Waals surface area contributed by atoms with Crippen LogP contribution in [-0.2, 0) is 21.2 Å². The predicted octanol–water partition coefficient (Wildman–Crippen LogP) is 2.40. The van der Waals surface area contributed by atoms with Gasteiger partial charge >= 0.3 is 5.97 Å². The van der Waals surface area contributed by atoms with Gasteiger partial charge in [-0.2, -0.15) is 0 Å². The summed E-state index contributed by atoms with van der Waals surface area (Å²) in [5.41, 5.74) is 1.26. The largest absolute Gasteiger partial charge is 0.478 e. The van der Waals surface area contributed by atoms with Gasteiger partial charge in [-0.3, -0.25) is 14.4 Å². The number of aryl methyl sites for hydroxylation is 1. The summed E-state index contributed by atoms with van der Waals surface area (Å²) in [6, 6.07) is 11.4. The lowest BCUT2D eigenvalue weighted by Gasteiger charge is -2.36. The van der Waals surface area contributed by atoms with Crippen LogP contribution in [0.25, 0.3) is 0 Å². The van der Waals surface area contributed by atoms with Crippen LogP contribution in [0.1, 0.15) is 36.2 Å². The van der Waals surface area contributed by atoms with Gasteiger partial charge < -0.3 is 15.3 Å². The Morgan fingerprint density at radius 2 is 1.74 bits per heavy atom. The zero-order valence-corrected chi connectivity index (χ0v) is 20.4. The third-order valence-electron chi connectivity index (χ3n) is 5.80. The zero-order chi connectivity index (χ0) is 24.7. The van der Waals surface area contributed by atoms with E-state index in [1.165, 1.54) is 18.2 Å². The SMILES string of the molecule is CCCNC(=O)CN1CCN(c2ccc(NS(=O)(=O)c3ccccc3CC)c(C(=O)O)c2)CC1. The van der Waals surface area contributed by atoms with Crippen LogP contribution in [0.2, 0.25) is 0 Å². The molecule has 1 saturated heterocycles. The van der Waals surface area contributed by atoms with E-state index in [4.69, 9.17) is 0 Å². The first kappa shape index (κ1) is 25.5. The number of carboxylic acid groups (broad SMARTS) is 1. The second kappa shape index (κ2) is 11.3. The summed E-state index contributed by atoms with van der Waals surface area (Å²) < 4.78 is 28.4. The van der Waals surface area contributed by atoms with Crippen LogP contribution in [0.15, 0.2) is 47.4 Å². The smallest absolute Gasteiger partial charge is 0.337 e. The molecule has 1 aliphatic rings. The summed E-state index contributed by atoms with van der Waals surface area (Å²) in [6.45, 7) is 7.48. The van der Waals surface area contributed by atoms with Crippen molar-refractivity contribution in [2.24, 2.45) is 0 Å². The molecule has 1 amide bonds. The fourth-order valence-electron chi connectivity index (χ4n) is 3.94. The second-order valence-electron chi connectivity index (χ2n) is 8.21. The number of anilines is 2. The Balaban J connectivity index is 1.73. The first-order valence-electron chi connectivity index (χ1n) is 11.5. The van der Waals surface area contributed by atoms with Gasteiger partial charge in [-0.05, 0) is 42.7 Å². The highest BCUT2D eigenvalue weighted by atomic mass is 32.2. The van der Waals surface area contributed by atoms with Gasteiger partial charge in [0.15, 0.2) is 0 Å². The Kier molecular flexibility index (Phi) is 8.51. The monoisotopic (exact) mass is 488 g/mol. The summed E-state index contributed by atoms with van der Waals surface area (Å²) in [4.78, 5) is 28.1. The highest BCUT2D eigenvalue weighted by molar-refractivity contribution is 7.92. The van der Waals surface area contributed by atoms with Gasteiger partial charge in [-0.25, -0.2) is 13.2 Å². The minimum Gasteiger partial charge on any atom is -0.478 e. The molecule has 34 heavy (non-hydrogen) atoms. The maximum atomic E-state index is 13.0. The Hall–Kier alpha value is -3.11.